The predicted molar refractivity (Wildman–Crippen MR) is 97.7 cm³/mol. The molecule has 1 heterocycles. The molecule has 0 saturated heterocycles. The van der Waals surface area contributed by atoms with E-state index in [9.17, 15) is 18.6 Å². The molecule has 5 nitrogen and oxygen atoms in total. The number of nitrogens with zero attached hydrogens (tertiary/aromatic N) is 1. The molecule has 26 heavy (non-hydrogen) atoms. The Hall–Kier alpha value is -2.80. The van der Waals surface area contributed by atoms with Crippen molar-refractivity contribution in [2.24, 2.45) is 0 Å². The Morgan fingerprint density at radius 2 is 1.88 bits per heavy atom. The van der Waals surface area contributed by atoms with Crippen molar-refractivity contribution < 1.29 is 23.3 Å². The summed E-state index contributed by atoms with van der Waals surface area (Å²) in [7, 11) is 1.53. The van der Waals surface area contributed by atoms with E-state index in [4.69, 9.17) is 4.74 Å². The van der Waals surface area contributed by atoms with Crippen LogP contribution < -0.4 is 4.74 Å². The minimum absolute atomic E-state index is 0.109. The molecule has 0 aliphatic rings. The third-order valence-electron chi connectivity index (χ3n) is 4.26. The highest BCUT2D eigenvalue weighted by molar-refractivity contribution is 7.94. The Morgan fingerprint density at radius 3 is 2.46 bits per heavy atom. The molecule has 1 N–H and O–H groups in total. The van der Waals surface area contributed by atoms with E-state index in [0.717, 1.165) is 0 Å². The molecule has 1 aromatic heterocycles. The van der Waals surface area contributed by atoms with E-state index in [0.29, 0.717) is 38.4 Å². The molecule has 0 spiro atoms. The lowest BCUT2D eigenvalue weighted by Gasteiger charge is -2.08. The number of carboxylic acids is 1. The summed E-state index contributed by atoms with van der Waals surface area (Å²) in [6.45, 7) is 1.72. The van der Waals surface area contributed by atoms with Crippen molar-refractivity contribution in [2.45, 2.75) is 18.2 Å². The van der Waals surface area contributed by atoms with E-state index in [1.54, 1.807) is 37.3 Å². The first-order valence-electron chi connectivity index (χ1n) is 7.79. The van der Waals surface area contributed by atoms with Gasteiger partial charge in [0.15, 0.2) is 0 Å². The second-order valence-corrected chi connectivity index (χ2v) is 6.39. The zero-order valence-corrected chi connectivity index (χ0v) is 15.0. The zero-order chi connectivity index (χ0) is 18.8. The number of aromatic nitrogens is 1. The standard InChI is InChI=1S/C19H16FNO4S/c1-11-15(10-18(22)23)16-9-13(25-2)5-8-17(16)21(11)19(24)12-3-6-14(26-20)7-4-12/h3-9H,10H2,1-2H3,(H,22,23). The van der Waals surface area contributed by atoms with Crippen molar-refractivity contribution in [2.75, 3.05) is 7.11 Å². The number of methoxy groups -OCH3 is 1. The smallest absolute Gasteiger partial charge is 0.307 e. The zero-order valence-electron chi connectivity index (χ0n) is 14.2. The Balaban J connectivity index is 2.19. The lowest BCUT2D eigenvalue weighted by Crippen LogP contribution is -2.14. The van der Waals surface area contributed by atoms with Gasteiger partial charge in [-0.15, -0.1) is 0 Å². The molecule has 7 heteroatoms. The van der Waals surface area contributed by atoms with Crippen LogP contribution in [-0.2, 0) is 11.2 Å². The highest BCUT2D eigenvalue weighted by Crippen LogP contribution is 2.31. The maximum absolute atomic E-state index is 13.0. The predicted octanol–water partition coefficient (Wildman–Crippen LogP) is 4.25. The highest BCUT2D eigenvalue weighted by atomic mass is 32.2. The number of hydrogen-bond acceptors (Lipinski definition) is 4. The molecule has 2 aromatic carbocycles. The number of fused-ring (bicyclic) bond motifs is 1. The average Bonchev–Trinajstić information content (AvgIpc) is 2.92. The van der Waals surface area contributed by atoms with Crippen molar-refractivity contribution in [3.8, 4) is 5.75 Å². The summed E-state index contributed by atoms with van der Waals surface area (Å²) in [5.41, 5.74) is 2.12. The number of carboxylic acid groups (broad SMARTS) is 1. The van der Waals surface area contributed by atoms with E-state index >= 15 is 0 Å². The Bertz CT molecular complexity index is 995. The Morgan fingerprint density at radius 1 is 1.19 bits per heavy atom. The number of carbonyl (C=O) groups excluding carboxylic acids is 1. The second kappa shape index (κ2) is 7.21. The normalized spacial score (nSPS) is 10.9. The van der Waals surface area contributed by atoms with Crippen LogP contribution in [0.5, 0.6) is 5.75 Å². The van der Waals surface area contributed by atoms with Crippen LogP contribution in [0.15, 0.2) is 47.4 Å². The molecular formula is C19H16FNO4S. The van der Waals surface area contributed by atoms with Gasteiger partial charge in [-0.25, -0.2) is 0 Å². The first kappa shape index (κ1) is 18.0. The summed E-state index contributed by atoms with van der Waals surface area (Å²) in [5, 5.41) is 9.90. The van der Waals surface area contributed by atoms with Crippen LogP contribution in [0, 0.1) is 6.92 Å². The lowest BCUT2D eigenvalue weighted by atomic mass is 10.1. The van der Waals surface area contributed by atoms with Gasteiger partial charge >= 0.3 is 5.97 Å². The van der Waals surface area contributed by atoms with Crippen molar-refractivity contribution >= 4 is 34.9 Å². The number of rotatable bonds is 5. The van der Waals surface area contributed by atoms with E-state index in [2.05, 4.69) is 0 Å². The SMILES string of the molecule is COc1ccc2c(c1)c(CC(=O)O)c(C)n2C(=O)c1ccc(SF)cc1. The molecule has 0 aliphatic carbocycles. The molecule has 0 amide bonds. The Labute approximate surface area is 153 Å². The van der Waals surface area contributed by atoms with Gasteiger partial charge in [-0.2, -0.15) is 3.89 Å². The summed E-state index contributed by atoms with van der Waals surface area (Å²) in [5.74, 6) is -0.700. The molecule has 0 aliphatic heterocycles. The Kier molecular flexibility index (Phi) is 4.99. The topological polar surface area (TPSA) is 68.5 Å². The molecule has 3 aromatic rings. The molecule has 0 saturated carbocycles. The fraction of sp³-hybridized carbons (Fsp3) is 0.158. The highest BCUT2D eigenvalue weighted by Gasteiger charge is 2.21. The van der Waals surface area contributed by atoms with Gasteiger partial charge in [-0.3, -0.25) is 14.2 Å². The molecule has 0 bridgehead atoms. The maximum Gasteiger partial charge on any atom is 0.307 e. The van der Waals surface area contributed by atoms with Gasteiger partial charge in [0.05, 0.1) is 31.2 Å². The number of halogens is 1. The average molecular weight is 373 g/mol. The van der Waals surface area contributed by atoms with Crippen LogP contribution >= 0.6 is 12.1 Å². The summed E-state index contributed by atoms with van der Waals surface area (Å²) >= 11 is 0.109. The van der Waals surface area contributed by atoms with Gasteiger partial charge in [0.1, 0.15) is 5.75 Å². The number of ether oxygens (including phenoxy) is 1. The van der Waals surface area contributed by atoms with Gasteiger partial charge < -0.3 is 9.84 Å². The van der Waals surface area contributed by atoms with E-state index in [1.165, 1.54) is 23.8 Å². The minimum atomic E-state index is -0.980. The van der Waals surface area contributed by atoms with Crippen LogP contribution in [0.4, 0.5) is 3.89 Å². The summed E-state index contributed by atoms with van der Waals surface area (Å²) in [4.78, 5) is 24.7. The summed E-state index contributed by atoms with van der Waals surface area (Å²) < 4.78 is 19.3. The number of aliphatic carboxylic acids is 1. The van der Waals surface area contributed by atoms with E-state index < -0.39 is 5.97 Å². The molecule has 0 radical (unpaired) electrons. The molecule has 3 rings (SSSR count). The number of hydrogen-bond donors (Lipinski definition) is 1. The quantitative estimate of drug-likeness (QED) is 0.724. The number of benzene rings is 2. The van der Waals surface area contributed by atoms with Gasteiger partial charge in [0, 0.05) is 21.5 Å². The number of carbonyl (C=O) groups is 2. The fourth-order valence-electron chi connectivity index (χ4n) is 3.00. The fourth-order valence-corrected chi connectivity index (χ4v) is 3.24. The van der Waals surface area contributed by atoms with Gasteiger partial charge in [0.25, 0.3) is 5.91 Å². The van der Waals surface area contributed by atoms with Crippen molar-refractivity contribution in [1.29, 1.82) is 0 Å². The molecule has 0 fully saturated rings. The van der Waals surface area contributed by atoms with E-state index in [-0.39, 0.29) is 24.5 Å². The van der Waals surface area contributed by atoms with Gasteiger partial charge in [0.2, 0.25) is 0 Å². The summed E-state index contributed by atoms with van der Waals surface area (Å²) in [6, 6.07) is 11.3. The largest absolute Gasteiger partial charge is 0.497 e. The second-order valence-electron chi connectivity index (χ2n) is 5.76. The van der Waals surface area contributed by atoms with Crippen molar-refractivity contribution in [3.63, 3.8) is 0 Å². The maximum atomic E-state index is 13.0. The first-order chi connectivity index (χ1) is 12.5. The van der Waals surface area contributed by atoms with Gasteiger partial charge in [-0.05, 0) is 55.0 Å². The van der Waals surface area contributed by atoms with Crippen LogP contribution in [0.3, 0.4) is 0 Å². The van der Waals surface area contributed by atoms with Crippen LogP contribution in [0.1, 0.15) is 21.6 Å². The first-order valence-corrected chi connectivity index (χ1v) is 8.51. The molecule has 0 atom stereocenters. The van der Waals surface area contributed by atoms with Crippen molar-refractivity contribution in [3.05, 3.63) is 59.3 Å². The molecular weight excluding hydrogens is 357 g/mol. The van der Waals surface area contributed by atoms with Crippen LogP contribution in [0.2, 0.25) is 0 Å². The molecule has 134 valence electrons. The van der Waals surface area contributed by atoms with E-state index in [1.807, 2.05) is 0 Å². The summed E-state index contributed by atoms with van der Waals surface area (Å²) in [6.07, 6.45) is -0.201. The third-order valence-corrected chi connectivity index (χ3v) is 4.71. The lowest BCUT2D eigenvalue weighted by molar-refractivity contribution is -0.136. The monoisotopic (exact) mass is 373 g/mol. The van der Waals surface area contributed by atoms with Crippen molar-refractivity contribution in [1.82, 2.24) is 4.57 Å². The van der Waals surface area contributed by atoms with Gasteiger partial charge in [-0.1, -0.05) is 0 Å². The van der Waals surface area contributed by atoms with Crippen LogP contribution in [-0.4, -0.2) is 28.7 Å². The van der Waals surface area contributed by atoms with Crippen LogP contribution in [0.25, 0.3) is 10.9 Å². The minimum Gasteiger partial charge on any atom is -0.497 e. The molecule has 0 unspecified atom stereocenters. The third kappa shape index (κ3) is 3.17.